The van der Waals surface area contributed by atoms with E-state index < -0.39 is 18.2 Å². The van der Waals surface area contributed by atoms with Crippen molar-refractivity contribution in [3.05, 3.63) is 36.2 Å². The summed E-state index contributed by atoms with van der Waals surface area (Å²) in [5, 5.41) is 9.07. The molecule has 1 saturated heterocycles. The third kappa shape index (κ3) is 3.50. The van der Waals surface area contributed by atoms with Crippen LogP contribution in [0.4, 0.5) is 10.2 Å². The number of aliphatic carboxylic acids is 1. The van der Waals surface area contributed by atoms with Gasteiger partial charge in [0.15, 0.2) is 5.82 Å². The molecule has 0 aromatic carbocycles. The molecule has 3 rings (SSSR count). The Morgan fingerprint density at radius 3 is 2.92 bits per heavy atom. The van der Waals surface area contributed by atoms with Crippen molar-refractivity contribution in [3.63, 3.8) is 0 Å². The Kier molecular flexibility index (Phi) is 4.69. The first-order valence-corrected chi connectivity index (χ1v) is 7.98. The van der Waals surface area contributed by atoms with E-state index in [2.05, 4.69) is 15.0 Å². The van der Waals surface area contributed by atoms with Gasteiger partial charge in [0.2, 0.25) is 0 Å². The van der Waals surface area contributed by atoms with Crippen molar-refractivity contribution in [2.45, 2.75) is 38.4 Å². The molecule has 0 saturated carbocycles. The molecule has 0 unspecified atom stereocenters. The average molecular weight is 330 g/mol. The summed E-state index contributed by atoms with van der Waals surface area (Å²) in [6.07, 6.45) is 1.41. The second-order valence-corrected chi connectivity index (χ2v) is 5.85. The lowest BCUT2D eigenvalue weighted by Gasteiger charge is -2.24. The number of rotatable bonds is 5. The summed E-state index contributed by atoms with van der Waals surface area (Å²) in [4.78, 5) is 26.1. The molecule has 0 bridgehead atoms. The summed E-state index contributed by atoms with van der Waals surface area (Å²) in [7, 11) is 0. The number of aromatic nitrogens is 3. The first-order chi connectivity index (χ1) is 11.6. The minimum Gasteiger partial charge on any atom is -0.481 e. The zero-order valence-corrected chi connectivity index (χ0v) is 13.4. The molecule has 1 aliphatic rings. The van der Waals surface area contributed by atoms with Crippen LogP contribution in [0.15, 0.2) is 30.5 Å². The van der Waals surface area contributed by atoms with Crippen LogP contribution in [0.25, 0.3) is 11.5 Å². The number of halogens is 1. The Morgan fingerprint density at radius 1 is 1.42 bits per heavy atom. The molecule has 1 N–H and O–H groups in total. The minimum absolute atomic E-state index is 0.106. The molecule has 0 amide bonds. The van der Waals surface area contributed by atoms with E-state index in [0.717, 1.165) is 5.69 Å². The monoisotopic (exact) mass is 330 g/mol. The van der Waals surface area contributed by atoms with Crippen LogP contribution < -0.4 is 4.90 Å². The van der Waals surface area contributed by atoms with Crippen LogP contribution in [-0.4, -0.2) is 44.8 Å². The number of pyridine rings is 1. The van der Waals surface area contributed by atoms with E-state index in [-0.39, 0.29) is 19.4 Å². The molecule has 2 atom stereocenters. The van der Waals surface area contributed by atoms with Gasteiger partial charge in [0.1, 0.15) is 17.7 Å². The van der Waals surface area contributed by atoms with Gasteiger partial charge in [0, 0.05) is 30.4 Å². The number of carbonyl (C=O) groups is 1. The molecular formula is C17H19FN4O2. The Hall–Kier alpha value is -2.57. The zero-order valence-electron chi connectivity index (χ0n) is 13.4. The molecule has 2 aromatic heterocycles. The molecule has 1 aliphatic heterocycles. The van der Waals surface area contributed by atoms with Crippen LogP contribution in [0, 0.1) is 0 Å². The van der Waals surface area contributed by atoms with Crippen LogP contribution >= 0.6 is 0 Å². The van der Waals surface area contributed by atoms with E-state index in [0.29, 0.717) is 23.8 Å². The highest BCUT2D eigenvalue weighted by Gasteiger charge is 2.34. The number of anilines is 1. The molecule has 0 spiro atoms. The standard InChI is InChI=1S/C17H19FN4O2/c1-2-12-8-15(21-17(20-12)14-5-3-4-6-19-14)22-10-11(18)7-13(22)9-16(23)24/h3-6,8,11,13H,2,7,9-10H2,1H3,(H,23,24)/t11-,13-/m0/s1. The Morgan fingerprint density at radius 2 is 2.25 bits per heavy atom. The largest absolute Gasteiger partial charge is 0.481 e. The maximum absolute atomic E-state index is 13.9. The third-order valence-electron chi connectivity index (χ3n) is 4.09. The van der Waals surface area contributed by atoms with Gasteiger partial charge in [-0.15, -0.1) is 0 Å². The molecule has 1 fully saturated rings. The van der Waals surface area contributed by atoms with E-state index in [9.17, 15) is 9.18 Å². The molecule has 126 valence electrons. The topological polar surface area (TPSA) is 79.2 Å². The van der Waals surface area contributed by atoms with Crippen molar-refractivity contribution < 1.29 is 14.3 Å². The first kappa shape index (κ1) is 16.3. The fourth-order valence-corrected chi connectivity index (χ4v) is 2.96. The summed E-state index contributed by atoms with van der Waals surface area (Å²) in [6, 6.07) is 6.89. The SMILES string of the molecule is CCc1cc(N2C[C@@H](F)C[C@H]2CC(=O)O)nc(-c2ccccn2)n1. The average Bonchev–Trinajstić information content (AvgIpc) is 2.95. The number of carboxylic acids is 1. The Labute approximate surface area is 139 Å². The van der Waals surface area contributed by atoms with Gasteiger partial charge in [0.25, 0.3) is 0 Å². The number of hydrogen-bond acceptors (Lipinski definition) is 5. The molecular weight excluding hydrogens is 311 g/mol. The van der Waals surface area contributed by atoms with Crippen LogP contribution in [0.5, 0.6) is 0 Å². The van der Waals surface area contributed by atoms with E-state index in [1.54, 1.807) is 17.2 Å². The molecule has 2 aromatic rings. The minimum atomic E-state index is -1.05. The number of carboxylic acid groups (broad SMARTS) is 1. The summed E-state index contributed by atoms with van der Waals surface area (Å²) in [5.41, 5.74) is 1.46. The third-order valence-corrected chi connectivity index (χ3v) is 4.09. The number of nitrogens with zero attached hydrogens (tertiary/aromatic N) is 4. The maximum Gasteiger partial charge on any atom is 0.305 e. The van der Waals surface area contributed by atoms with Gasteiger partial charge in [-0.3, -0.25) is 9.78 Å². The van der Waals surface area contributed by atoms with E-state index >= 15 is 0 Å². The van der Waals surface area contributed by atoms with Crippen molar-refractivity contribution in [2.24, 2.45) is 0 Å². The van der Waals surface area contributed by atoms with Gasteiger partial charge >= 0.3 is 5.97 Å². The van der Waals surface area contributed by atoms with Crippen molar-refractivity contribution in [1.29, 1.82) is 0 Å². The fraction of sp³-hybridized carbons (Fsp3) is 0.412. The highest BCUT2D eigenvalue weighted by Crippen LogP contribution is 2.29. The Balaban J connectivity index is 1.99. The number of hydrogen-bond donors (Lipinski definition) is 1. The molecule has 7 heteroatoms. The molecule has 3 heterocycles. The molecule has 6 nitrogen and oxygen atoms in total. The zero-order chi connectivity index (χ0) is 17.1. The molecule has 24 heavy (non-hydrogen) atoms. The predicted octanol–water partition coefficient (Wildman–Crippen LogP) is 2.49. The maximum atomic E-state index is 13.9. The summed E-state index contributed by atoms with van der Waals surface area (Å²) in [5.74, 6) is 0.101. The van der Waals surface area contributed by atoms with Crippen molar-refractivity contribution in [3.8, 4) is 11.5 Å². The second-order valence-electron chi connectivity index (χ2n) is 5.85. The summed E-state index contributed by atoms with van der Waals surface area (Å²) in [6.45, 7) is 2.13. The van der Waals surface area contributed by atoms with Crippen LogP contribution in [0.3, 0.4) is 0 Å². The van der Waals surface area contributed by atoms with Gasteiger partial charge in [-0.05, 0) is 18.6 Å². The van der Waals surface area contributed by atoms with E-state index in [1.807, 2.05) is 25.1 Å². The van der Waals surface area contributed by atoms with Gasteiger partial charge < -0.3 is 10.0 Å². The summed E-state index contributed by atoms with van der Waals surface area (Å²) >= 11 is 0. The highest BCUT2D eigenvalue weighted by molar-refractivity contribution is 5.69. The Bertz CT molecular complexity index is 726. The number of alkyl halides is 1. The molecule has 0 radical (unpaired) electrons. The normalized spacial score (nSPS) is 20.3. The number of aryl methyl sites for hydroxylation is 1. The van der Waals surface area contributed by atoms with Crippen LogP contribution in [0.2, 0.25) is 0 Å². The smallest absolute Gasteiger partial charge is 0.305 e. The fourth-order valence-electron chi connectivity index (χ4n) is 2.96. The second kappa shape index (κ2) is 6.90. The van der Waals surface area contributed by atoms with E-state index in [4.69, 9.17) is 5.11 Å². The lowest BCUT2D eigenvalue weighted by molar-refractivity contribution is -0.137. The predicted molar refractivity (Wildman–Crippen MR) is 87.5 cm³/mol. The molecule has 0 aliphatic carbocycles. The van der Waals surface area contributed by atoms with Gasteiger partial charge in [-0.1, -0.05) is 13.0 Å². The van der Waals surface area contributed by atoms with Crippen molar-refractivity contribution in [2.75, 3.05) is 11.4 Å². The van der Waals surface area contributed by atoms with Crippen LogP contribution in [0.1, 0.15) is 25.5 Å². The first-order valence-electron chi connectivity index (χ1n) is 7.98. The van der Waals surface area contributed by atoms with Gasteiger partial charge in [-0.2, -0.15) is 0 Å². The van der Waals surface area contributed by atoms with Crippen molar-refractivity contribution >= 4 is 11.8 Å². The lowest BCUT2D eigenvalue weighted by Crippen LogP contribution is -2.32. The lowest BCUT2D eigenvalue weighted by atomic mass is 10.1. The highest BCUT2D eigenvalue weighted by atomic mass is 19.1. The van der Waals surface area contributed by atoms with E-state index in [1.165, 1.54) is 0 Å². The summed E-state index contributed by atoms with van der Waals surface area (Å²) < 4.78 is 13.9. The van der Waals surface area contributed by atoms with Crippen molar-refractivity contribution in [1.82, 2.24) is 15.0 Å². The quantitative estimate of drug-likeness (QED) is 0.907. The van der Waals surface area contributed by atoms with Gasteiger partial charge in [0.05, 0.1) is 13.0 Å². The van der Waals surface area contributed by atoms with Crippen LogP contribution in [-0.2, 0) is 11.2 Å². The van der Waals surface area contributed by atoms with Gasteiger partial charge in [-0.25, -0.2) is 14.4 Å².